The van der Waals surface area contributed by atoms with Gasteiger partial charge >= 0.3 is 0 Å². The largest absolute Gasteiger partial charge is 0.507 e. The van der Waals surface area contributed by atoms with Gasteiger partial charge in [-0.3, -0.25) is 4.99 Å². The summed E-state index contributed by atoms with van der Waals surface area (Å²) < 4.78 is 0. The summed E-state index contributed by atoms with van der Waals surface area (Å²) in [5.74, 6) is 0.913. The Morgan fingerprint density at radius 3 is 2.14 bits per heavy atom. The minimum Gasteiger partial charge on any atom is -0.507 e. The van der Waals surface area contributed by atoms with Crippen molar-refractivity contribution >= 4 is 6.21 Å². The third-order valence-corrected chi connectivity index (χ3v) is 5.80. The van der Waals surface area contributed by atoms with E-state index in [2.05, 4.69) is 25.1 Å². The van der Waals surface area contributed by atoms with Gasteiger partial charge in [0.1, 0.15) is 5.75 Å². The van der Waals surface area contributed by atoms with Crippen LogP contribution in [0.2, 0.25) is 0 Å². The van der Waals surface area contributed by atoms with Gasteiger partial charge in [-0.1, -0.05) is 80.4 Å². The van der Waals surface area contributed by atoms with Crippen LogP contribution in [0.15, 0.2) is 77.8 Å². The lowest BCUT2D eigenvalue weighted by Crippen LogP contribution is -2.20. The van der Waals surface area contributed by atoms with E-state index in [1.165, 1.54) is 19.3 Å². The number of hydrogen-bond acceptors (Lipinski definition) is 2. The molecule has 0 aromatic heterocycles. The zero-order valence-electron chi connectivity index (χ0n) is 16.4. The summed E-state index contributed by atoms with van der Waals surface area (Å²) in [4.78, 5) is 4.88. The lowest BCUT2D eigenvalue weighted by atomic mass is 9.86. The molecule has 2 atom stereocenters. The van der Waals surface area contributed by atoms with E-state index in [1.807, 2.05) is 60.8 Å². The molecule has 0 bridgehead atoms. The molecule has 2 heteroatoms. The quantitative estimate of drug-likeness (QED) is 0.508. The Labute approximate surface area is 167 Å². The van der Waals surface area contributed by atoms with E-state index in [0.717, 1.165) is 34.2 Å². The van der Waals surface area contributed by atoms with Gasteiger partial charge in [-0.25, -0.2) is 0 Å². The van der Waals surface area contributed by atoms with E-state index < -0.39 is 0 Å². The summed E-state index contributed by atoms with van der Waals surface area (Å²) >= 11 is 0. The van der Waals surface area contributed by atoms with E-state index >= 15 is 0 Å². The summed E-state index contributed by atoms with van der Waals surface area (Å²) in [5, 5.41) is 11.0. The minimum absolute atomic E-state index is 0.304. The second-order valence-corrected chi connectivity index (χ2v) is 7.80. The third-order valence-electron chi connectivity index (χ3n) is 5.80. The van der Waals surface area contributed by atoms with Crippen LogP contribution >= 0.6 is 0 Å². The standard InChI is InChI=1S/C26H27NO/c1-19-10-8-9-15-25(19)27-18-23-16-22(20-11-4-2-5-12-20)17-24(26(23)28)21-13-6-3-7-14-21/h2-7,11-14,16-19,25,28H,8-10,15H2,1H3. The van der Waals surface area contributed by atoms with Crippen LogP contribution in [-0.4, -0.2) is 17.4 Å². The molecule has 0 spiro atoms. The predicted octanol–water partition coefficient (Wildman–Crippen LogP) is 6.72. The summed E-state index contributed by atoms with van der Waals surface area (Å²) in [6.07, 6.45) is 6.83. The maximum Gasteiger partial charge on any atom is 0.132 e. The molecule has 1 saturated carbocycles. The van der Waals surface area contributed by atoms with Crippen molar-refractivity contribution in [2.75, 3.05) is 0 Å². The zero-order valence-corrected chi connectivity index (χ0v) is 16.4. The second-order valence-electron chi connectivity index (χ2n) is 7.80. The summed E-state index contributed by atoms with van der Waals surface area (Å²) in [5.41, 5.74) is 4.88. The van der Waals surface area contributed by atoms with E-state index in [-0.39, 0.29) is 0 Å². The molecule has 3 aromatic carbocycles. The molecule has 2 unspecified atom stereocenters. The van der Waals surface area contributed by atoms with Gasteiger partial charge < -0.3 is 5.11 Å². The van der Waals surface area contributed by atoms with Crippen molar-refractivity contribution in [1.82, 2.24) is 0 Å². The second kappa shape index (κ2) is 8.43. The van der Waals surface area contributed by atoms with Crippen molar-refractivity contribution in [2.45, 2.75) is 38.6 Å². The van der Waals surface area contributed by atoms with Gasteiger partial charge in [-0.05, 0) is 47.6 Å². The first-order valence-electron chi connectivity index (χ1n) is 10.2. The van der Waals surface area contributed by atoms with E-state index in [4.69, 9.17) is 4.99 Å². The Morgan fingerprint density at radius 2 is 1.46 bits per heavy atom. The number of nitrogens with zero attached hydrogens (tertiary/aromatic N) is 1. The molecule has 1 aliphatic rings. The molecule has 1 aliphatic carbocycles. The summed E-state index contributed by atoms with van der Waals surface area (Å²) in [6, 6.07) is 24.9. The third kappa shape index (κ3) is 4.01. The van der Waals surface area contributed by atoms with Gasteiger partial charge in [0.05, 0.1) is 6.04 Å². The van der Waals surface area contributed by atoms with Gasteiger partial charge in [-0.2, -0.15) is 0 Å². The van der Waals surface area contributed by atoms with Crippen molar-refractivity contribution in [3.05, 3.63) is 78.4 Å². The Kier molecular flexibility index (Phi) is 5.57. The average Bonchev–Trinajstić information content (AvgIpc) is 2.75. The number of benzene rings is 3. The first-order valence-corrected chi connectivity index (χ1v) is 10.2. The lowest BCUT2D eigenvalue weighted by molar-refractivity contribution is 0.333. The summed E-state index contributed by atoms with van der Waals surface area (Å²) in [6.45, 7) is 2.29. The van der Waals surface area contributed by atoms with Gasteiger partial charge in [-0.15, -0.1) is 0 Å². The Balaban J connectivity index is 1.78. The first kappa shape index (κ1) is 18.5. The molecule has 2 nitrogen and oxygen atoms in total. The van der Waals surface area contributed by atoms with E-state index in [0.29, 0.717) is 17.7 Å². The highest BCUT2D eigenvalue weighted by molar-refractivity contribution is 5.92. The molecule has 0 heterocycles. The summed E-state index contributed by atoms with van der Waals surface area (Å²) in [7, 11) is 0. The highest BCUT2D eigenvalue weighted by Gasteiger charge is 2.20. The molecular weight excluding hydrogens is 342 g/mol. The van der Waals surface area contributed by atoms with Crippen molar-refractivity contribution in [3.63, 3.8) is 0 Å². The van der Waals surface area contributed by atoms with Crippen LogP contribution in [0.25, 0.3) is 22.3 Å². The maximum absolute atomic E-state index is 11.0. The van der Waals surface area contributed by atoms with Gasteiger partial charge in [0.15, 0.2) is 0 Å². The fourth-order valence-corrected chi connectivity index (χ4v) is 4.08. The van der Waals surface area contributed by atoms with Crippen molar-refractivity contribution in [1.29, 1.82) is 0 Å². The minimum atomic E-state index is 0.304. The topological polar surface area (TPSA) is 32.6 Å². The number of aromatic hydroxyl groups is 1. The normalized spacial score (nSPS) is 19.8. The van der Waals surface area contributed by atoms with Crippen LogP contribution in [0.5, 0.6) is 5.75 Å². The van der Waals surface area contributed by atoms with Crippen LogP contribution in [0.3, 0.4) is 0 Å². The molecule has 0 radical (unpaired) electrons. The van der Waals surface area contributed by atoms with Crippen LogP contribution in [0.1, 0.15) is 38.2 Å². The number of phenolic OH excluding ortho intramolecular Hbond substituents is 1. The smallest absolute Gasteiger partial charge is 0.132 e. The maximum atomic E-state index is 11.0. The van der Waals surface area contributed by atoms with Crippen molar-refractivity contribution < 1.29 is 5.11 Å². The fraction of sp³-hybridized carbons (Fsp3) is 0.269. The molecule has 0 amide bonds. The van der Waals surface area contributed by atoms with Crippen LogP contribution in [0.4, 0.5) is 0 Å². The van der Waals surface area contributed by atoms with Crippen LogP contribution < -0.4 is 0 Å². The molecule has 1 fully saturated rings. The van der Waals surface area contributed by atoms with Crippen LogP contribution in [-0.2, 0) is 0 Å². The average molecular weight is 370 g/mol. The Hall–Kier alpha value is -2.87. The SMILES string of the molecule is CC1CCCCC1N=Cc1cc(-c2ccccc2)cc(-c2ccccc2)c1O. The number of aliphatic imine (C=N–C) groups is 1. The molecule has 28 heavy (non-hydrogen) atoms. The number of rotatable bonds is 4. The zero-order chi connectivity index (χ0) is 19.3. The van der Waals surface area contributed by atoms with E-state index in [1.54, 1.807) is 0 Å². The number of hydrogen-bond donors (Lipinski definition) is 1. The van der Waals surface area contributed by atoms with Crippen molar-refractivity contribution in [3.8, 4) is 28.0 Å². The molecule has 0 saturated heterocycles. The van der Waals surface area contributed by atoms with E-state index in [9.17, 15) is 5.11 Å². The molecule has 4 rings (SSSR count). The highest BCUT2D eigenvalue weighted by Crippen LogP contribution is 2.36. The monoisotopic (exact) mass is 369 g/mol. The Morgan fingerprint density at radius 1 is 0.821 bits per heavy atom. The molecule has 0 aliphatic heterocycles. The van der Waals surface area contributed by atoms with Gasteiger partial charge in [0.25, 0.3) is 0 Å². The highest BCUT2D eigenvalue weighted by atomic mass is 16.3. The fourth-order valence-electron chi connectivity index (χ4n) is 4.08. The number of phenols is 1. The molecule has 3 aromatic rings. The van der Waals surface area contributed by atoms with Crippen molar-refractivity contribution in [2.24, 2.45) is 10.9 Å². The first-order chi connectivity index (χ1) is 13.7. The molecule has 1 N–H and O–H groups in total. The Bertz CT molecular complexity index is 947. The predicted molar refractivity (Wildman–Crippen MR) is 118 cm³/mol. The molecule has 142 valence electrons. The molecular formula is C26H27NO. The van der Waals surface area contributed by atoms with Gasteiger partial charge in [0.2, 0.25) is 0 Å². The van der Waals surface area contributed by atoms with Gasteiger partial charge in [0, 0.05) is 17.3 Å². The van der Waals surface area contributed by atoms with Crippen LogP contribution in [0, 0.1) is 5.92 Å². The lowest BCUT2D eigenvalue weighted by Gasteiger charge is -2.25.